The molecule has 0 unspecified atom stereocenters. The van der Waals surface area contributed by atoms with Crippen LogP contribution in [0.1, 0.15) is 6.92 Å². The summed E-state index contributed by atoms with van der Waals surface area (Å²) in [4.78, 5) is 11.1. The predicted octanol–water partition coefficient (Wildman–Crippen LogP) is 2.01. The first kappa shape index (κ1) is 8.63. The topological polar surface area (TPSA) is 17.1 Å². The molecule has 0 rings (SSSR count). The molecule has 0 amide bonds. The Morgan fingerprint density at radius 1 is 1.33 bits per heavy atom. The average molecular weight is 142 g/mol. The van der Waals surface area contributed by atoms with Crippen LogP contribution in [0.25, 0.3) is 0 Å². The molecule has 0 aromatic rings. The second kappa shape index (κ2) is 2.48. The molecule has 0 atom stereocenters. The summed E-state index contributed by atoms with van der Waals surface area (Å²) in [5.74, 6) is 0. The summed E-state index contributed by atoms with van der Waals surface area (Å²) >= 11 is 0. The Hall–Kier alpha value is -0.373. The lowest BCUT2D eigenvalue weighted by molar-refractivity contribution is -0.109. The zero-order valence-corrected chi connectivity index (χ0v) is 7.62. The number of hydrogen-bond donors (Lipinski definition) is 0. The van der Waals surface area contributed by atoms with Gasteiger partial charge in [-0.3, -0.25) is 0 Å². The van der Waals surface area contributed by atoms with Gasteiger partial charge < -0.3 is 4.79 Å². The largest absolute Gasteiger partial charge is 0.300 e. The summed E-state index contributed by atoms with van der Waals surface area (Å²) in [6, 6.07) is 0. The van der Waals surface area contributed by atoms with E-state index in [1.807, 2.05) is 19.6 Å². The summed E-state index contributed by atoms with van der Waals surface area (Å²) in [7, 11) is -1.56. The van der Waals surface area contributed by atoms with Crippen LogP contribution in [0.15, 0.2) is 12.2 Å². The van der Waals surface area contributed by atoms with Crippen molar-refractivity contribution in [2.24, 2.45) is 0 Å². The van der Waals surface area contributed by atoms with Gasteiger partial charge in [-0.25, -0.2) is 0 Å². The molecule has 0 aliphatic carbocycles. The number of hydrogen-bond acceptors (Lipinski definition) is 1. The molecule has 0 heterocycles. The molecule has 0 fully saturated rings. The second-order valence-corrected chi connectivity index (χ2v) is 8.31. The smallest absolute Gasteiger partial charge is 0.135 e. The Morgan fingerprint density at radius 2 is 1.67 bits per heavy atom. The van der Waals surface area contributed by atoms with Gasteiger partial charge in [0.05, 0.1) is 0 Å². The maximum atomic E-state index is 11.1. The Kier molecular flexibility index (Phi) is 2.37. The predicted molar refractivity (Wildman–Crippen MR) is 43.2 cm³/mol. The van der Waals surface area contributed by atoms with Gasteiger partial charge in [-0.1, -0.05) is 26.2 Å². The van der Waals surface area contributed by atoms with E-state index < -0.39 is 8.07 Å². The van der Waals surface area contributed by atoms with Crippen molar-refractivity contribution in [3.05, 3.63) is 12.2 Å². The van der Waals surface area contributed by atoms with Crippen molar-refractivity contribution < 1.29 is 4.79 Å². The number of carbonyl (C=O) groups excluding carboxylic acids is 1. The number of carbonyl (C=O) groups is 1. The Labute approximate surface area is 57.8 Å². The molecular weight excluding hydrogens is 128 g/mol. The standard InChI is InChI=1S/C7H14OSi/c1-6(2)7(8)9(3,4)5/h1H2,2-5H3. The van der Waals surface area contributed by atoms with Crippen molar-refractivity contribution in [2.45, 2.75) is 26.6 Å². The summed E-state index contributed by atoms with van der Waals surface area (Å²) in [6.07, 6.45) is 0. The van der Waals surface area contributed by atoms with Crippen LogP contribution in [0, 0.1) is 0 Å². The highest BCUT2D eigenvalue weighted by Gasteiger charge is 2.23. The Bertz CT molecular complexity index is 141. The van der Waals surface area contributed by atoms with Crippen molar-refractivity contribution in [2.75, 3.05) is 0 Å². The van der Waals surface area contributed by atoms with Crippen LogP contribution >= 0.6 is 0 Å². The minimum atomic E-state index is -1.56. The van der Waals surface area contributed by atoms with Crippen LogP contribution in [0.4, 0.5) is 0 Å². The third kappa shape index (κ3) is 2.61. The molecule has 52 valence electrons. The molecule has 1 nitrogen and oxygen atoms in total. The highest BCUT2D eigenvalue weighted by Crippen LogP contribution is 2.07. The molecule has 0 aromatic heterocycles. The summed E-state index contributed by atoms with van der Waals surface area (Å²) in [6.45, 7) is 11.5. The van der Waals surface area contributed by atoms with Crippen molar-refractivity contribution in [1.82, 2.24) is 0 Å². The first-order chi connectivity index (χ1) is 3.85. The number of allylic oxidation sites excluding steroid dienone is 1. The van der Waals surface area contributed by atoms with E-state index in [9.17, 15) is 4.79 Å². The van der Waals surface area contributed by atoms with Gasteiger partial charge in [-0.2, -0.15) is 0 Å². The van der Waals surface area contributed by atoms with Gasteiger partial charge in [0.2, 0.25) is 0 Å². The normalized spacial score (nSPS) is 11.1. The molecule has 0 saturated heterocycles. The lowest BCUT2D eigenvalue weighted by atomic mass is 10.4. The van der Waals surface area contributed by atoms with Gasteiger partial charge in [0.15, 0.2) is 0 Å². The fraction of sp³-hybridized carbons (Fsp3) is 0.571. The molecule has 0 spiro atoms. The van der Waals surface area contributed by atoms with Crippen LogP contribution in [0.2, 0.25) is 19.6 Å². The first-order valence-corrected chi connectivity index (χ1v) is 6.56. The fourth-order valence-corrected chi connectivity index (χ4v) is 1.92. The molecule has 0 N–H and O–H groups in total. The van der Waals surface area contributed by atoms with E-state index in [4.69, 9.17) is 0 Å². The molecular formula is C7H14OSi. The molecule has 0 aliphatic rings. The average Bonchev–Trinajstić information content (AvgIpc) is 1.62. The fourth-order valence-electron chi connectivity index (χ4n) is 0.640. The van der Waals surface area contributed by atoms with Crippen molar-refractivity contribution in [3.8, 4) is 0 Å². The van der Waals surface area contributed by atoms with E-state index in [0.29, 0.717) is 5.57 Å². The lowest BCUT2D eigenvalue weighted by Gasteiger charge is -2.12. The lowest BCUT2D eigenvalue weighted by Crippen LogP contribution is -2.33. The van der Waals surface area contributed by atoms with Gasteiger partial charge in [0, 0.05) is 0 Å². The van der Waals surface area contributed by atoms with Crippen molar-refractivity contribution >= 4 is 13.5 Å². The zero-order valence-electron chi connectivity index (χ0n) is 6.62. The molecule has 0 aromatic carbocycles. The first-order valence-electron chi connectivity index (χ1n) is 3.06. The third-order valence-electron chi connectivity index (χ3n) is 1.07. The van der Waals surface area contributed by atoms with Gasteiger partial charge >= 0.3 is 0 Å². The van der Waals surface area contributed by atoms with Crippen molar-refractivity contribution in [1.29, 1.82) is 0 Å². The second-order valence-electron chi connectivity index (χ2n) is 3.36. The summed E-state index contributed by atoms with van der Waals surface area (Å²) < 4.78 is 0. The van der Waals surface area contributed by atoms with Gasteiger partial charge in [0.1, 0.15) is 13.5 Å². The monoisotopic (exact) mass is 142 g/mol. The summed E-state index contributed by atoms with van der Waals surface area (Å²) in [5, 5.41) is 0.280. The third-order valence-corrected chi connectivity index (χ3v) is 2.86. The Morgan fingerprint density at radius 3 is 1.67 bits per heavy atom. The molecule has 2 heteroatoms. The van der Waals surface area contributed by atoms with Crippen molar-refractivity contribution in [3.63, 3.8) is 0 Å². The molecule has 0 radical (unpaired) electrons. The van der Waals surface area contributed by atoms with E-state index in [2.05, 4.69) is 6.58 Å². The van der Waals surface area contributed by atoms with Crippen LogP contribution in [-0.4, -0.2) is 13.5 Å². The SMILES string of the molecule is C=C(C)C(=O)[Si](C)(C)C. The van der Waals surface area contributed by atoms with Crippen LogP contribution in [0.5, 0.6) is 0 Å². The maximum absolute atomic E-state index is 11.1. The molecule has 0 saturated carbocycles. The minimum absolute atomic E-state index is 0.280. The van der Waals surface area contributed by atoms with E-state index in [0.717, 1.165) is 0 Å². The molecule has 9 heavy (non-hydrogen) atoms. The van der Waals surface area contributed by atoms with Crippen LogP contribution in [-0.2, 0) is 4.79 Å². The zero-order chi connectivity index (χ0) is 7.65. The maximum Gasteiger partial charge on any atom is 0.135 e. The van der Waals surface area contributed by atoms with Gasteiger partial charge in [-0.15, -0.1) is 0 Å². The molecule has 0 aliphatic heterocycles. The minimum Gasteiger partial charge on any atom is -0.300 e. The summed E-state index contributed by atoms with van der Waals surface area (Å²) in [5.41, 5.74) is 0.703. The number of rotatable bonds is 2. The Balaban J connectivity index is 4.23. The van der Waals surface area contributed by atoms with Crippen LogP contribution < -0.4 is 0 Å². The van der Waals surface area contributed by atoms with Crippen LogP contribution in [0.3, 0.4) is 0 Å². The van der Waals surface area contributed by atoms with E-state index in [1.54, 1.807) is 6.92 Å². The van der Waals surface area contributed by atoms with E-state index in [1.165, 1.54) is 0 Å². The highest BCUT2D eigenvalue weighted by atomic mass is 28.3. The highest BCUT2D eigenvalue weighted by molar-refractivity contribution is 7.05. The quantitative estimate of drug-likeness (QED) is 0.426. The van der Waals surface area contributed by atoms with Gasteiger partial charge in [-0.05, 0) is 12.5 Å². The van der Waals surface area contributed by atoms with Gasteiger partial charge in [0.25, 0.3) is 0 Å². The molecule has 0 bridgehead atoms. The van der Waals surface area contributed by atoms with E-state index >= 15 is 0 Å². The van der Waals surface area contributed by atoms with E-state index in [-0.39, 0.29) is 5.41 Å².